The zero-order valence-electron chi connectivity index (χ0n) is 33.5. The second-order valence-electron chi connectivity index (χ2n) is 14.8. The molecular formula is C54H50N3Re. The van der Waals surface area contributed by atoms with Crippen LogP contribution < -0.4 is 0 Å². The molecule has 3 nitrogen and oxygen atoms in total. The number of nitrogens with zero attached hydrogens (tertiary/aromatic N) is 3. The Morgan fingerprint density at radius 3 is 2.19 bits per heavy atom. The molecule has 6 aromatic carbocycles. The molecule has 2 aliphatic rings. The molecule has 1 heterocycles. The van der Waals surface area contributed by atoms with Crippen LogP contribution in [-0.4, -0.2) is 17.8 Å². The number of aryl methyl sites for hydroxylation is 2. The van der Waals surface area contributed by atoms with Crippen LogP contribution in [0, 0.1) is 0 Å². The molecule has 8 rings (SSSR count). The van der Waals surface area contributed by atoms with Crippen molar-refractivity contribution in [3.05, 3.63) is 197 Å². The van der Waals surface area contributed by atoms with E-state index in [1.54, 1.807) is 0 Å². The third-order valence-electron chi connectivity index (χ3n) is 10.9. The maximum absolute atomic E-state index is 5.28. The van der Waals surface area contributed by atoms with Crippen LogP contribution >= 0.6 is 0 Å². The predicted octanol–water partition coefficient (Wildman–Crippen LogP) is 13.9. The van der Waals surface area contributed by atoms with Gasteiger partial charge in [0.05, 0.1) is 11.4 Å². The molecule has 0 N–H and O–H groups in total. The van der Waals surface area contributed by atoms with Gasteiger partial charge in [-0.3, -0.25) is 4.99 Å². The van der Waals surface area contributed by atoms with E-state index in [1.807, 2.05) is 36.6 Å². The van der Waals surface area contributed by atoms with Crippen molar-refractivity contribution in [3.63, 3.8) is 0 Å². The first-order chi connectivity index (χ1) is 28.1. The second kappa shape index (κ2) is 19.1. The maximum atomic E-state index is 5.28. The van der Waals surface area contributed by atoms with Crippen molar-refractivity contribution < 1.29 is 20.4 Å². The quantitative estimate of drug-likeness (QED) is 0.0705. The molecule has 0 saturated carbocycles. The number of aliphatic imine (C=N–C) groups is 3. The van der Waals surface area contributed by atoms with Crippen LogP contribution in [0.15, 0.2) is 173 Å². The number of rotatable bonds is 11. The first-order valence-corrected chi connectivity index (χ1v) is 20.4. The van der Waals surface area contributed by atoms with E-state index in [1.165, 1.54) is 45.0 Å². The average molecular weight is 927 g/mol. The summed E-state index contributed by atoms with van der Waals surface area (Å²) in [4.78, 5) is 15.3. The van der Waals surface area contributed by atoms with Gasteiger partial charge in [-0.05, 0) is 131 Å². The van der Waals surface area contributed by atoms with Crippen LogP contribution in [0.25, 0.3) is 50.5 Å². The fraction of sp³-hybridized carbons (Fsp3) is 0.167. The Kier molecular flexibility index (Phi) is 13.3. The van der Waals surface area contributed by atoms with Crippen molar-refractivity contribution in [1.29, 1.82) is 0 Å². The SMILES string of the molecule is C=CC/C=C\c1ccc2c(-c3ccc(-c4cc(C5=CCCC=N5)cc(C(C)=NC(=N/C(=C/CC)c5ccccc5)c5ccccc5)c4)cc3)ccc3c2c1CCC3.[ReH]. The van der Waals surface area contributed by atoms with E-state index in [0.29, 0.717) is 5.84 Å². The average Bonchev–Trinajstić information content (AvgIpc) is 3.27. The summed E-state index contributed by atoms with van der Waals surface area (Å²) in [6.45, 7) is 8.12. The molecule has 0 unspecified atom stereocenters. The summed E-state index contributed by atoms with van der Waals surface area (Å²) >= 11 is 0. The van der Waals surface area contributed by atoms with Crippen LogP contribution in [0.4, 0.5) is 0 Å². The van der Waals surface area contributed by atoms with Gasteiger partial charge in [0.15, 0.2) is 5.84 Å². The predicted molar refractivity (Wildman–Crippen MR) is 248 cm³/mol. The van der Waals surface area contributed by atoms with Crippen LogP contribution in [0.5, 0.6) is 0 Å². The molecule has 0 fully saturated rings. The Morgan fingerprint density at radius 1 is 0.724 bits per heavy atom. The molecule has 0 spiro atoms. The summed E-state index contributed by atoms with van der Waals surface area (Å²) in [5, 5.41) is 2.78. The summed E-state index contributed by atoms with van der Waals surface area (Å²) < 4.78 is 0. The van der Waals surface area contributed by atoms with Crippen molar-refractivity contribution in [2.45, 2.75) is 58.8 Å². The zero-order valence-corrected chi connectivity index (χ0v) is 36.4. The minimum absolute atomic E-state index is 0. The van der Waals surface area contributed by atoms with Crippen LogP contribution in [0.3, 0.4) is 0 Å². The Balaban J connectivity index is 0.00000512. The third kappa shape index (κ3) is 9.00. The topological polar surface area (TPSA) is 37.1 Å². The molecule has 1 aliphatic carbocycles. The molecule has 1 radical (unpaired) electrons. The number of benzene rings is 6. The minimum atomic E-state index is 0. The summed E-state index contributed by atoms with van der Waals surface area (Å²) in [7, 11) is 0. The second-order valence-corrected chi connectivity index (χ2v) is 14.8. The van der Waals surface area contributed by atoms with Gasteiger partial charge in [0.1, 0.15) is 0 Å². The van der Waals surface area contributed by atoms with Crippen molar-refractivity contribution in [2.75, 3.05) is 0 Å². The van der Waals surface area contributed by atoms with E-state index < -0.39 is 0 Å². The van der Waals surface area contributed by atoms with Gasteiger partial charge >= 0.3 is 20.4 Å². The molecule has 6 aromatic rings. The zero-order chi connectivity index (χ0) is 39.0. The van der Waals surface area contributed by atoms with E-state index >= 15 is 0 Å². The first-order valence-electron chi connectivity index (χ1n) is 20.4. The van der Waals surface area contributed by atoms with E-state index in [4.69, 9.17) is 15.0 Å². The summed E-state index contributed by atoms with van der Waals surface area (Å²) in [6, 6.07) is 45.8. The summed E-state index contributed by atoms with van der Waals surface area (Å²) in [6.07, 6.45) is 20.0. The van der Waals surface area contributed by atoms with E-state index in [2.05, 4.69) is 148 Å². The molecular weight excluding hydrogens is 877 g/mol. The molecule has 0 atom stereocenters. The molecule has 1 aliphatic heterocycles. The Morgan fingerprint density at radius 2 is 1.47 bits per heavy atom. The van der Waals surface area contributed by atoms with Gasteiger partial charge < -0.3 is 0 Å². The van der Waals surface area contributed by atoms with Gasteiger partial charge in [-0.1, -0.05) is 146 Å². The van der Waals surface area contributed by atoms with Gasteiger partial charge in [0, 0.05) is 23.1 Å². The molecule has 0 aromatic heterocycles. The van der Waals surface area contributed by atoms with Gasteiger partial charge in [0.25, 0.3) is 0 Å². The van der Waals surface area contributed by atoms with E-state index in [9.17, 15) is 0 Å². The molecule has 58 heavy (non-hydrogen) atoms. The fourth-order valence-electron chi connectivity index (χ4n) is 8.05. The van der Waals surface area contributed by atoms with Crippen molar-refractivity contribution >= 4 is 46.0 Å². The summed E-state index contributed by atoms with van der Waals surface area (Å²) in [5.74, 6) is 0.684. The van der Waals surface area contributed by atoms with Gasteiger partial charge in [-0.15, -0.1) is 6.58 Å². The standard InChI is InChI=1S/C54H49N3.Re.H/c1-4-6-9-18-40-30-33-50-48(32-31-43-23-16-24-49(40)53(43)50)41-28-26-39(27-29-41)46-35-45(36-47(37-46)51-25-14-15-34-55-51)38(3)56-54(44-21-12-8-13-22-44)57-52(17-5-2)42-19-10-7-11-20-42;;/h4,7-13,17-22,25-37H,1,5-6,14-16,23-24H2,2-3H3;;/b18-9-,52-17+,56-38?,57-54?;;. The van der Waals surface area contributed by atoms with E-state index in [0.717, 1.165) is 89.0 Å². The number of hydrogen-bond acceptors (Lipinski definition) is 2. The monoisotopic (exact) mass is 927 g/mol. The normalized spacial score (nSPS) is 14.4. The number of amidine groups is 1. The fourth-order valence-corrected chi connectivity index (χ4v) is 8.05. The third-order valence-corrected chi connectivity index (χ3v) is 10.9. The van der Waals surface area contributed by atoms with Crippen molar-refractivity contribution in [2.24, 2.45) is 15.0 Å². The Hall–Kier alpha value is -5.79. The first kappa shape index (κ1) is 40.4. The van der Waals surface area contributed by atoms with Gasteiger partial charge in [0.2, 0.25) is 0 Å². The van der Waals surface area contributed by atoms with Crippen molar-refractivity contribution in [1.82, 2.24) is 0 Å². The number of hydrogen-bond donors (Lipinski definition) is 0. The van der Waals surface area contributed by atoms with Crippen LogP contribution in [0.1, 0.15) is 84.9 Å². The number of allylic oxidation sites excluding steroid dienone is 4. The van der Waals surface area contributed by atoms with Crippen molar-refractivity contribution in [3.8, 4) is 22.3 Å². The van der Waals surface area contributed by atoms with Gasteiger partial charge in [-0.25, -0.2) is 9.98 Å². The molecule has 4 heteroatoms. The Labute approximate surface area is 357 Å². The molecule has 0 bridgehead atoms. The molecule has 0 saturated heterocycles. The Bertz CT molecular complexity index is 2610. The van der Waals surface area contributed by atoms with Crippen LogP contribution in [0.2, 0.25) is 0 Å². The van der Waals surface area contributed by atoms with Crippen LogP contribution in [-0.2, 0) is 33.3 Å². The molecule has 0 amide bonds. The van der Waals surface area contributed by atoms with Gasteiger partial charge in [-0.2, -0.15) is 0 Å². The molecule has 288 valence electrons. The summed E-state index contributed by atoms with van der Waals surface area (Å²) in [5.41, 5.74) is 16.1. The van der Waals surface area contributed by atoms with E-state index in [-0.39, 0.29) is 20.4 Å².